The van der Waals surface area contributed by atoms with Gasteiger partial charge in [-0.3, -0.25) is 39.1 Å². The van der Waals surface area contributed by atoms with Gasteiger partial charge in [-0.05, 0) is 89.2 Å². The zero-order valence-electron chi connectivity index (χ0n) is 39.1. The fourth-order valence-electron chi connectivity index (χ4n) is 8.54. The third-order valence-electron chi connectivity index (χ3n) is 12.2. The fourth-order valence-corrected chi connectivity index (χ4v) is 8.73. The molecule has 0 aliphatic carbocycles. The van der Waals surface area contributed by atoms with Crippen LogP contribution in [0.2, 0.25) is 0 Å². The van der Waals surface area contributed by atoms with Gasteiger partial charge in [-0.25, -0.2) is 0 Å². The van der Waals surface area contributed by atoms with Gasteiger partial charge in [0.25, 0.3) is 11.8 Å². The minimum absolute atomic E-state index is 0.0547. The number of amides is 5. The van der Waals surface area contributed by atoms with Gasteiger partial charge < -0.3 is 44.1 Å². The molecule has 1 unspecified atom stereocenters. The molecule has 4 N–H and O–H groups in total. The molecule has 1 atom stereocenters. The number of hydrogen-bond donors (Lipinski definition) is 4. The van der Waals surface area contributed by atoms with Gasteiger partial charge in [0.15, 0.2) is 0 Å². The molecular weight excluding hydrogens is 922 g/mol. The number of piperazine rings is 1. The second kappa shape index (κ2) is 26.0. The molecule has 5 amide bonds. The SMILES string of the molecule is O=C1CCC(N2C(=O)c3cccc(NCCOCCOCCOCCOCCC(=O)N4CCN(CCOc5ccc(C(=C(CCCl)c6ccc(O)cc6)c6ccc(O)cc6)cc5)CC4)c3C2=O)C(=O)N1. The molecule has 0 bridgehead atoms. The Hall–Kier alpha value is -6.34. The van der Waals surface area contributed by atoms with E-state index in [9.17, 15) is 34.2 Å². The van der Waals surface area contributed by atoms with Crippen molar-refractivity contribution in [1.29, 1.82) is 0 Å². The highest BCUT2D eigenvalue weighted by atomic mass is 35.5. The Bertz CT molecular complexity index is 2440. The zero-order valence-corrected chi connectivity index (χ0v) is 39.8. The number of carbonyl (C=O) groups is 5. The number of aromatic hydroxyl groups is 2. The number of fused-ring (bicyclic) bond motifs is 1. The van der Waals surface area contributed by atoms with Gasteiger partial charge in [0.05, 0.1) is 70.4 Å². The zero-order chi connectivity index (χ0) is 49.2. The summed E-state index contributed by atoms with van der Waals surface area (Å²) in [6.07, 6.45) is 1.05. The summed E-state index contributed by atoms with van der Waals surface area (Å²) in [7, 11) is 0. The summed E-state index contributed by atoms with van der Waals surface area (Å²) in [4.78, 5) is 68.1. The first-order chi connectivity index (χ1) is 34.1. The van der Waals surface area contributed by atoms with Crippen LogP contribution in [0, 0.1) is 0 Å². The van der Waals surface area contributed by atoms with E-state index in [0.29, 0.717) is 104 Å². The van der Waals surface area contributed by atoms with Crippen molar-refractivity contribution in [3.8, 4) is 17.2 Å². The van der Waals surface area contributed by atoms with Crippen LogP contribution in [0.4, 0.5) is 5.69 Å². The van der Waals surface area contributed by atoms with Crippen molar-refractivity contribution in [3.63, 3.8) is 0 Å². The Morgan fingerprint density at radius 1 is 0.671 bits per heavy atom. The van der Waals surface area contributed by atoms with Crippen LogP contribution in [-0.4, -0.2) is 165 Å². The first kappa shape index (κ1) is 51.5. The highest BCUT2D eigenvalue weighted by molar-refractivity contribution is 6.25. The van der Waals surface area contributed by atoms with E-state index < -0.39 is 29.7 Å². The number of phenols is 2. The van der Waals surface area contributed by atoms with Gasteiger partial charge in [-0.1, -0.05) is 42.5 Å². The highest BCUT2D eigenvalue weighted by Gasteiger charge is 2.45. The number of benzene rings is 4. The molecule has 7 rings (SSSR count). The number of alkyl halides is 1. The predicted octanol–water partition coefficient (Wildman–Crippen LogP) is 5.18. The van der Waals surface area contributed by atoms with Crippen LogP contribution in [0.3, 0.4) is 0 Å². The molecule has 3 aliphatic rings. The van der Waals surface area contributed by atoms with Crippen LogP contribution in [-0.2, 0) is 33.3 Å². The summed E-state index contributed by atoms with van der Waals surface area (Å²) < 4.78 is 28.6. The number of allylic oxidation sites excluding steroid dienone is 1. The summed E-state index contributed by atoms with van der Waals surface area (Å²) in [5, 5.41) is 25.2. The minimum Gasteiger partial charge on any atom is -0.508 e. The number of anilines is 1. The van der Waals surface area contributed by atoms with Gasteiger partial charge >= 0.3 is 0 Å². The lowest BCUT2D eigenvalue weighted by atomic mass is 9.88. The van der Waals surface area contributed by atoms with Crippen LogP contribution in [0.1, 0.15) is 63.1 Å². The molecule has 18 heteroatoms. The van der Waals surface area contributed by atoms with E-state index in [2.05, 4.69) is 15.5 Å². The molecule has 4 aromatic rings. The fraction of sp³-hybridized carbons (Fsp3) is 0.404. The van der Waals surface area contributed by atoms with Gasteiger partial charge in [-0.15, -0.1) is 11.6 Å². The van der Waals surface area contributed by atoms with Crippen molar-refractivity contribution < 1.29 is 57.9 Å². The van der Waals surface area contributed by atoms with Crippen molar-refractivity contribution in [1.82, 2.24) is 20.0 Å². The largest absolute Gasteiger partial charge is 0.508 e. The number of nitrogens with zero attached hydrogens (tertiary/aromatic N) is 3. The number of halogens is 1. The Morgan fingerprint density at radius 2 is 1.26 bits per heavy atom. The first-order valence-corrected chi connectivity index (χ1v) is 24.2. The number of carbonyl (C=O) groups excluding carboxylic acids is 5. The molecular formula is C52H60ClN5O12. The Labute approximate surface area is 412 Å². The molecule has 372 valence electrons. The average molecular weight is 983 g/mol. The van der Waals surface area contributed by atoms with Crippen LogP contribution in [0.5, 0.6) is 17.2 Å². The topological polar surface area (TPSA) is 206 Å². The monoisotopic (exact) mass is 981 g/mol. The summed E-state index contributed by atoms with van der Waals surface area (Å²) in [6.45, 7) is 7.25. The van der Waals surface area contributed by atoms with Gasteiger partial charge in [0.2, 0.25) is 17.7 Å². The maximum absolute atomic E-state index is 13.2. The molecule has 4 aromatic carbocycles. The van der Waals surface area contributed by atoms with Crippen molar-refractivity contribution in [2.24, 2.45) is 0 Å². The Balaban J connectivity index is 0.700. The summed E-state index contributed by atoms with van der Waals surface area (Å²) in [5.41, 5.74) is 5.73. The number of rotatable bonds is 26. The third-order valence-corrected chi connectivity index (χ3v) is 12.4. The average Bonchev–Trinajstić information content (AvgIpc) is 3.62. The van der Waals surface area contributed by atoms with E-state index in [4.69, 9.17) is 35.3 Å². The van der Waals surface area contributed by atoms with Gasteiger partial charge in [-0.2, -0.15) is 0 Å². The molecule has 17 nitrogen and oxygen atoms in total. The van der Waals surface area contributed by atoms with E-state index >= 15 is 0 Å². The maximum Gasteiger partial charge on any atom is 0.264 e. The van der Waals surface area contributed by atoms with Crippen molar-refractivity contribution >= 4 is 58.0 Å². The molecule has 3 heterocycles. The number of imide groups is 2. The highest BCUT2D eigenvalue weighted by Crippen LogP contribution is 2.37. The molecule has 2 fully saturated rings. The van der Waals surface area contributed by atoms with Gasteiger partial charge in [0, 0.05) is 57.3 Å². The summed E-state index contributed by atoms with van der Waals surface area (Å²) >= 11 is 6.29. The maximum atomic E-state index is 13.2. The summed E-state index contributed by atoms with van der Waals surface area (Å²) in [6, 6.07) is 26.0. The van der Waals surface area contributed by atoms with Crippen molar-refractivity contribution in [2.45, 2.75) is 31.7 Å². The number of ether oxygens (including phenoxy) is 5. The smallest absolute Gasteiger partial charge is 0.264 e. The minimum atomic E-state index is -1.03. The van der Waals surface area contributed by atoms with E-state index in [0.717, 1.165) is 58.1 Å². The van der Waals surface area contributed by atoms with E-state index in [-0.39, 0.29) is 41.4 Å². The number of nitrogens with one attached hydrogen (secondary N) is 2. The normalized spacial score (nSPS) is 16.6. The Kier molecular flexibility index (Phi) is 19.2. The number of piperidine rings is 1. The second-order valence-electron chi connectivity index (χ2n) is 16.8. The Morgan fingerprint density at radius 3 is 1.87 bits per heavy atom. The van der Waals surface area contributed by atoms with Crippen LogP contribution < -0.4 is 15.4 Å². The molecule has 0 saturated carbocycles. The van der Waals surface area contributed by atoms with E-state index in [1.165, 1.54) is 0 Å². The molecule has 70 heavy (non-hydrogen) atoms. The lowest BCUT2D eigenvalue weighted by Crippen LogP contribution is -2.54. The predicted molar refractivity (Wildman–Crippen MR) is 262 cm³/mol. The lowest BCUT2D eigenvalue weighted by molar-refractivity contribution is -0.136. The van der Waals surface area contributed by atoms with Crippen molar-refractivity contribution in [2.75, 3.05) is 110 Å². The quantitative estimate of drug-likeness (QED) is 0.0277. The van der Waals surface area contributed by atoms with E-state index in [1.54, 1.807) is 42.5 Å². The first-order valence-electron chi connectivity index (χ1n) is 23.6. The molecule has 2 saturated heterocycles. The molecule has 3 aliphatic heterocycles. The van der Waals surface area contributed by atoms with Gasteiger partial charge in [0.1, 0.15) is 29.9 Å². The summed E-state index contributed by atoms with van der Waals surface area (Å²) in [5.74, 6) is -0.618. The number of hydrogen-bond acceptors (Lipinski definition) is 14. The van der Waals surface area contributed by atoms with Crippen LogP contribution in [0.25, 0.3) is 11.1 Å². The van der Waals surface area contributed by atoms with Crippen LogP contribution >= 0.6 is 11.6 Å². The van der Waals surface area contributed by atoms with E-state index in [1.807, 2.05) is 53.4 Å². The van der Waals surface area contributed by atoms with Crippen LogP contribution in [0.15, 0.2) is 91.0 Å². The molecule has 0 radical (unpaired) electrons. The van der Waals surface area contributed by atoms with Crippen molar-refractivity contribution in [3.05, 3.63) is 119 Å². The second-order valence-corrected chi connectivity index (χ2v) is 17.2. The molecule has 0 aromatic heterocycles. The standard InChI is InChI=1S/C52H60ClN5O12/c53-20-18-42(36-4-10-39(59)11-5-36)48(37-6-12-40(60)13-7-37)38-8-14-41(15-9-38)70-29-26-56-22-24-57(25-23-56)47(62)19-27-66-30-32-68-34-35-69-33-31-67-28-21-54-44-3-1-2-43-49(44)52(65)58(51(43)64)45-16-17-46(61)55-50(45)63/h1-15,45,54,59-60H,16-35H2,(H,55,61,63). The molecule has 0 spiro atoms. The number of phenolic OH excluding ortho intramolecular Hbond substituents is 2. The lowest BCUT2D eigenvalue weighted by Gasteiger charge is -2.34. The third kappa shape index (κ3) is 13.9.